The zero-order chi connectivity index (χ0) is 18.4. The minimum Gasteiger partial charge on any atom is -0.347 e. The molecule has 0 bridgehead atoms. The molecule has 1 aliphatic heterocycles. The number of hydrogen-bond donors (Lipinski definition) is 1. The summed E-state index contributed by atoms with van der Waals surface area (Å²) in [5.41, 5.74) is 1.16. The number of aromatic nitrogens is 3. The van der Waals surface area contributed by atoms with Gasteiger partial charge in [0, 0.05) is 12.6 Å². The van der Waals surface area contributed by atoms with E-state index in [-0.39, 0.29) is 18.0 Å². The second-order valence-electron chi connectivity index (χ2n) is 6.94. The van der Waals surface area contributed by atoms with Crippen molar-refractivity contribution in [3.05, 3.63) is 42.2 Å². The molecule has 3 rings (SSSR count). The Labute approximate surface area is 159 Å². The van der Waals surface area contributed by atoms with Crippen molar-refractivity contribution in [1.82, 2.24) is 25.0 Å². The number of likely N-dealkylation sites (tertiary alicyclic amines) is 1. The number of carbonyl (C=O) groups is 1. The summed E-state index contributed by atoms with van der Waals surface area (Å²) >= 11 is 1.43. The second kappa shape index (κ2) is 9.19. The maximum Gasteiger partial charge on any atom is 0.231 e. The molecule has 1 saturated heterocycles. The monoisotopic (exact) mass is 373 g/mol. The van der Waals surface area contributed by atoms with Gasteiger partial charge in [-0.1, -0.05) is 42.1 Å². The molecule has 1 amide bonds. The van der Waals surface area contributed by atoms with Crippen LogP contribution < -0.4 is 5.32 Å². The van der Waals surface area contributed by atoms with E-state index in [0.717, 1.165) is 30.4 Å². The van der Waals surface area contributed by atoms with E-state index in [9.17, 15) is 4.79 Å². The summed E-state index contributed by atoms with van der Waals surface area (Å²) in [6.07, 6.45) is 4.21. The number of thioether (sulfide) groups is 1. The van der Waals surface area contributed by atoms with Gasteiger partial charge < -0.3 is 14.8 Å². The van der Waals surface area contributed by atoms with Crippen LogP contribution in [0.15, 0.2) is 41.8 Å². The number of carbonyl (C=O) groups excluding carboxylic acids is 1. The minimum absolute atomic E-state index is 0.0189. The van der Waals surface area contributed by atoms with Gasteiger partial charge in [0.2, 0.25) is 5.91 Å². The molecular weight excluding hydrogens is 346 g/mol. The van der Waals surface area contributed by atoms with Crippen LogP contribution in [0.4, 0.5) is 0 Å². The number of nitrogens with one attached hydrogen (secondary N) is 1. The second-order valence-corrected chi connectivity index (χ2v) is 7.88. The van der Waals surface area contributed by atoms with Gasteiger partial charge in [-0.25, -0.2) is 0 Å². The Morgan fingerprint density at radius 1 is 1.23 bits per heavy atom. The topological polar surface area (TPSA) is 63.1 Å². The summed E-state index contributed by atoms with van der Waals surface area (Å²) in [5, 5.41) is 12.1. The van der Waals surface area contributed by atoms with Gasteiger partial charge in [0.25, 0.3) is 0 Å². The molecule has 0 radical (unpaired) electrons. The highest BCUT2D eigenvalue weighted by Gasteiger charge is 2.21. The Balaban J connectivity index is 1.60. The first-order valence-electron chi connectivity index (χ1n) is 9.22. The van der Waals surface area contributed by atoms with Gasteiger partial charge in [-0.15, -0.1) is 10.2 Å². The maximum absolute atomic E-state index is 12.6. The van der Waals surface area contributed by atoms with E-state index in [4.69, 9.17) is 0 Å². The largest absolute Gasteiger partial charge is 0.347 e. The van der Waals surface area contributed by atoms with E-state index in [1.165, 1.54) is 24.6 Å². The Morgan fingerprint density at radius 2 is 1.96 bits per heavy atom. The molecule has 1 aromatic carbocycles. The van der Waals surface area contributed by atoms with Gasteiger partial charge in [-0.2, -0.15) is 0 Å². The molecule has 6 nitrogen and oxygen atoms in total. The molecule has 1 aromatic heterocycles. The van der Waals surface area contributed by atoms with Gasteiger partial charge in [-0.3, -0.25) is 4.79 Å². The quantitative estimate of drug-likeness (QED) is 0.721. The molecule has 7 heteroatoms. The van der Waals surface area contributed by atoms with E-state index in [0.29, 0.717) is 5.75 Å². The van der Waals surface area contributed by atoms with Crippen molar-refractivity contribution >= 4 is 17.7 Å². The lowest BCUT2D eigenvalue weighted by Crippen LogP contribution is -2.37. The molecule has 1 atom stereocenters. The van der Waals surface area contributed by atoms with Crippen LogP contribution in [-0.2, 0) is 4.79 Å². The van der Waals surface area contributed by atoms with Crippen LogP contribution in [0.5, 0.6) is 0 Å². The standard InChI is InChI=1S/C19H27N5OS/c1-15(2)24-14-20-22-19(24)26-13-18(25)21-17(12-23-10-6-7-11-23)16-8-4-3-5-9-16/h3-5,8-9,14-15,17H,6-7,10-13H2,1-2H3,(H,21,25). The van der Waals surface area contributed by atoms with Crippen molar-refractivity contribution in [3.8, 4) is 0 Å². The Morgan fingerprint density at radius 3 is 2.65 bits per heavy atom. The van der Waals surface area contributed by atoms with Crippen molar-refractivity contribution in [1.29, 1.82) is 0 Å². The summed E-state index contributed by atoms with van der Waals surface area (Å²) in [5.74, 6) is 0.371. The smallest absolute Gasteiger partial charge is 0.231 e. The van der Waals surface area contributed by atoms with Crippen LogP contribution >= 0.6 is 11.8 Å². The van der Waals surface area contributed by atoms with Gasteiger partial charge in [0.15, 0.2) is 5.16 Å². The molecule has 1 N–H and O–H groups in total. The van der Waals surface area contributed by atoms with Crippen LogP contribution in [0.25, 0.3) is 0 Å². The summed E-state index contributed by atoms with van der Waals surface area (Å²) in [7, 11) is 0. The van der Waals surface area contributed by atoms with Crippen LogP contribution in [-0.4, -0.2) is 51.0 Å². The highest BCUT2D eigenvalue weighted by molar-refractivity contribution is 7.99. The first kappa shape index (κ1) is 18.9. The molecule has 0 saturated carbocycles. The summed E-state index contributed by atoms with van der Waals surface area (Å²) < 4.78 is 1.98. The van der Waals surface area contributed by atoms with Crippen molar-refractivity contribution in [3.63, 3.8) is 0 Å². The Kier molecular flexibility index (Phi) is 6.68. The van der Waals surface area contributed by atoms with Crippen molar-refractivity contribution in [2.75, 3.05) is 25.4 Å². The average molecular weight is 374 g/mol. The molecule has 2 heterocycles. The fourth-order valence-corrected chi connectivity index (χ4v) is 4.05. The molecule has 1 fully saturated rings. The predicted octanol–water partition coefficient (Wildman–Crippen LogP) is 2.90. The molecule has 2 aromatic rings. The Bertz CT molecular complexity index is 697. The molecule has 0 aliphatic carbocycles. The molecule has 0 spiro atoms. The molecule has 26 heavy (non-hydrogen) atoms. The van der Waals surface area contributed by atoms with Crippen LogP contribution in [0.3, 0.4) is 0 Å². The molecular formula is C19H27N5OS. The van der Waals surface area contributed by atoms with Crippen molar-refractivity contribution in [2.45, 2.75) is 43.9 Å². The molecule has 1 aliphatic rings. The van der Waals surface area contributed by atoms with Crippen molar-refractivity contribution in [2.24, 2.45) is 0 Å². The number of hydrogen-bond acceptors (Lipinski definition) is 5. The lowest BCUT2D eigenvalue weighted by Gasteiger charge is -2.25. The number of benzene rings is 1. The van der Waals surface area contributed by atoms with Crippen LogP contribution in [0.1, 0.15) is 44.3 Å². The number of rotatable bonds is 8. The fourth-order valence-electron chi connectivity index (χ4n) is 3.20. The van der Waals surface area contributed by atoms with E-state index in [1.807, 2.05) is 22.8 Å². The van der Waals surface area contributed by atoms with Gasteiger partial charge >= 0.3 is 0 Å². The van der Waals surface area contributed by atoms with Crippen molar-refractivity contribution < 1.29 is 4.79 Å². The zero-order valence-corrected chi connectivity index (χ0v) is 16.3. The minimum atomic E-state index is 0.0189. The number of nitrogens with zero attached hydrogens (tertiary/aromatic N) is 4. The first-order valence-corrected chi connectivity index (χ1v) is 10.2. The van der Waals surface area contributed by atoms with E-state index in [1.54, 1.807) is 6.33 Å². The third-order valence-electron chi connectivity index (χ3n) is 4.61. The third kappa shape index (κ3) is 5.08. The van der Waals surface area contributed by atoms with Gasteiger partial charge in [-0.05, 0) is 45.3 Å². The predicted molar refractivity (Wildman–Crippen MR) is 104 cm³/mol. The molecule has 1 unspecified atom stereocenters. The maximum atomic E-state index is 12.6. The fraction of sp³-hybridized carbons (Fsp3) is 0.526. The highest BCUT2D eigenvalue weighted by Crippen LogP contribution is 2.20. The molecule has 140 valence electrons. The zero-order valence-electron chi connectivity index (χ0n) is 15.5. The van der Waals surface area contributed by atoms with E-state index in [2.05, 4.69) is 46.4 Å². The van der Waals surface area contributed by atoms with E-state index < -0.39 is 0 Å². The van der Waals surface area contributed by atoms with Gasteiger partial charge in [0.05, 0.1) is 11.8 Å². The third-order valence-corrected chi connectivity index (χ3v) is 5.56. The summed E-state index contributed by atoms with van der Waals surface area (Å²) in [6.45, 7) is 7.25. The Hall–Kier alpha value is -1.86. The highest BCUT2D eigenvalue weighted by atomic mass is 32.2. The normalized spacial score (nSPS) is 16.1. The first-order chi connectivity index (χ1) is 12.6. The van der Waals surface area contributed by atoms with Crippen LogP contribution in [0, 0.1) is 0 Å². The number of amides is 1. The van der Waals surface area contributed by atoms with E-state index >= 15 is 0 Å². The lowest BCUT2D eigenvalue weighted by molar-refractivity contribution is -0.119. The summed E-state index contributed by atoms with van der Waals surface area (Å²) in [4.78, 5) is 15.0. The van der Waals surface area contributed by atoms with Crippen LogP contribution in [0.2, 0.25) is 0 Å². The van der Waals surface area contributed by atoms with Gasteiger partial charge in [0.1, 0.15) is 6.33 Å². The summed E-state index contributed by atoms with van der Waals surface area (Å²) in [6, 6.07) is 10.5. The lowest BCUT2D eigenvalue weighted by atomic mass is 10.1. The average Bonchev–Trinajstić information content (AvgIpc) is 3.32. The SMILES string of the molecule is CC(C)n1cnnc1SCC(=O)NC(CN1CCCC1)c1ccccc1.